The first-order valence-electron chi connectivity index (χ1n) is 10.6. The highest BCUT2D eigenvalue weighted by atomic mass is 32.2. The number of hydrogen-bond acceptors (Lipinski definition) is 9. The van der Waals surface area contributed by atoms with Gasteiger partial charge in [-0.2, -0.15) is 0 Å². The number of nitro benzene ring substituents is 1. The van der Waals surface area contributed by atoms with Gasteiger partial charge in [0, 0.05) is 55.2 Å². The third kappa shape index (κ3) is 5.88. The molecular weight excluding hydrogens is 444 g/mol. The van der Waals surface area contributed by atoms with Crippen LogP contribution in [0.2, 0.25) is 0 Å². The zero-order chi connectivity index (χ0) is 23.2. The molecular formula is C22H24N6O4S. The molecule has 1 saturated heterocycles. The molecule has 2 heterocycles. The Hall–Kier alpha value is -3.44. The molecule has 0 radical (unpaired) electrons. The second-order valence-corrected chi connectivity index (χ2v) is 8.41. The van der Waals surface area contributed by atoms with Crippen molar-refractivity contribution in [3.05, 3.63) is 58.6 Å². The topological polar surface area (TPSA) is 118 Å². The van der Waals surface area contributed by atoms with Crippen LogP contribution in [0.5, 0.6) is 0 Å². The number of non-ortho nitro benzene ring substituents is 1. The smallest absolute Gasteiger partial charge is 0.277 e. The van der Waals surface area contributed by atoms with Gasteiger partial charge in [0.05, 0.1) is 10.7 Å². The molecule has 3 aromatic rings. The molecule has 11 heteroatoms. The van der Waals surface area contributed by atoms with Crippen molar-refractivity contribution in [2.24, 2.45) is 0 Å². The van der Waals surface area contributed by atoms with E-state index in [4.69, 9.17) is 4.42 Å². The average Bonchev–Trinajstić information content (AvgIpc) is 3.33. The van der Waals surface area contributed by atoms with Gasteiger partial charge in [-0.1, -0.05) is 24.8 Å². The summed E-state index contributed by atoms with van der Waals surface area (Å²) in [6.45, 7) is 7.38. The summed E-state index contributed by atoms with van der Waals surface area (Å²) in [5.74, 6) is 0.0634. The van der Waals surface area contributed by atoms with Gasteiger partial charge in [-0.25, -0.2) is 0 Å². The first kappa shape index (κ1) is 22.7. The summed E-state index contributed by atoms with van der Waals surface area (Å²) in [7, 11) is 0. The summed E-state index contributed by atoms with van der Waals surface area (Å²) in [5.41, 5.74) is 2.26. The molecule has 0 unspecified atom stereocenters. The van der Waals surface area contributed by atoms with Crippen molar-refractivity contribution >= 4 is 34.7 Å². The lowest BCUT2D eigenvalue weighted by Crippen LogP contribution is -2.46. The predicted molar refractivity (Wildman–Crippen MR) is 127 cm³/mol. The van der Waals surface area contributed by atoms with Crippen molar-refractivity contribution < 1.29 is 14.1 Å². The summed E-state index contributed by atoms with van der Waals surface area (Å²) in [4.78, 5) is 27.5. The molecule has 1 amide bonds. The lowest BCUT2D eigenvalue weighted by atomic mass is 10.2. The van der Waals surface area contributed by atoms with Crippen LogP contribution >= 0.6 is 11.8 Å². The fourth-order valence-electron chi connectivity index (χ4n) is 3.54. The summed E-state index contributed by atoms with van der Waals surface area (Å²) in [6.07, 6.45) is 0. The summed E-state index contributed by atoms with van der Waals surface area (Å²) in [5, 5.41) is 21.8. The van der Waals surface area contributed by atoms with Gasteiger partial charge >= 0.3 is 0 Å². The fourth-order valence-corrected chi connectivity index (χ4v) is 4.10. The number of thioether (sulfide) groups is 1. The van der Waals surface area contributed by atoms with E-state index < -0.39 is 4.92 Å². The number of hydrogen-bond donors (Lipinski definition) is 1. The number of aromatic nitrogens is 2. The molecule has 1 fully saturated rings. The summed E-state index contributed by atoms with van der Waals surface area (Å²) < 4.78 is 5.53. The maximum absolute atomic E-state index is 12.3. The van der Waals surface area contributed by atoms with Gasteiger partial charge in [-0.15, -0.1) is 10.2 Å². The van der Waals surface area contributed by atoms with Gasteiger partial charge in [-0.3, -0.25) is 14.9 Å². The number of benzene rings is 2. The van der Waals surface area contributed by atoms with Crippen LogP contribution < -0.4 is 10.2 Å². The second kappa shape index (κ2) is 10.5. The van der Waals surface area contributed by atoms with Crippen molar-refractivity contribution in [2.45, 2.75) is 12.1 Å². The van der Waals surface area contributed by atoms with Crippen LogP contribution in [0.15, 0.2) is 58.2 Å². The van der Waals surface area contributed by atoms with Crippen molar-refractivity contribution in [2.75, 3.05) is 48.7 Å². The Morgan fingerprint density at radius 3 is 2.61 bits per heavy atom. The summed E-state index contributed by atoms with van der Waals surface area (Å²) >= 11 is 1.10. The summed E-state index contributed by atoms with van der Waals surface area (Å²) in [6, 6.07) is 13.8. The maximum Gasteiger partial charge on any atom is 0.277 e. The molecule has 2 aromatic carbocycles. The van der Waals surface area contributed by atoms with Gasteiger partial charge in [-0.05, 0) is 36.9 Å². The van der Waals surface area contributed by atoms with E-state index in [0.717, 1.165) is 55.9 Å². The Kier molecular flexibility index (Phi) is 7.20. The van der Waals surface area contributed by atoms with Crippen LogP contribution in [0.4, 0.5) is 17.1 Å². The monoisotopic (exact) mass is 468 g/mol. The maximum atomic E-state index is 12.3. The van der Waals surface area contributed by atoms with E-state index >= 15 is 0 Å². The first-order valence-corrected chi connectivity index (χ1v) is 11.6. The van der Waals surface area contributed by atoms with Crippen molar-refractivity contribution in [3.63, 3.8) is 0 Å². The van der Waals surface area contributed by atoms with Crippen molar-refractivity contribution in [1.29, 1.82) is 0 Å². The quantitative estimate of drug-likeness (QED) is 0.301. The Labute approximate surface area is 195 Å². The first-order chi connectivity index (χ1) is 16.0. The third-order valence-electron chi connectivity index (χ3n) is 5.37. The number of nitrogens with zero attached hydrogens (tertiary/aromatic N) is 5. The second-order valence-electron chi connectivity index (χ2n) is 7.49. The van der Waals surface area contributed by atoms with Crippen molar-refractivity contribution in [1.82, 2.24) is 15.1 Å². The fraction of sp³-hybridized carbons (Fsp3) is 0.318. The minimum absolute atomic E-state index is 0.0616. The molecule has 0 aliphatic carbocycles. The highest BCUT2D eigenvalue weighted by Gasteiger charge is 2.16. The highest BCUT2D eigenvalue weighted by Crippen LogP contribution is 2.26. The van der Waals surface area contributed by atoms with E-state index in [2.05, 4.69) is 32.2 Å². The van der Waals surface area contributed by atoms with Crippen molar-refractivity contribution in [3.8, 4) is 11.5 Å². The van der Waals surface area contributed by atoms with Gasteiger partial charge < -0.3 is 19.5 Å². The number of carbonyl (C=O) groups excluding carboxylic acids is 1. The highest BCUT2D eigenvalue weighted by molar-refractivity contribution is 7.99. The molecule has 1 N–H and O–H groups in total. The minimum atomic E-state index is -0.487. The molecule has 0 atom stereocenters. The van der Waals surface area contributed by atoms with E-state index in [0.29, 0.717) is 5.56 Å². The van der Waals surface area contributed by atoms with Gasteiger partial charge in [0.2, 0.25) is 11.8 Å². The molecule has 0 saturated carbocycles. The number of nitro groups is 1. The molecule has 33 heavy (non-hydrogen) atoms. The lowest BCUT2D eigenvalue weighted by molar-refractivity contribution is -0.384. The number of likely N-dealkylation sites (N-methyl/N-ethyl adjacent to an activating group) is 1. The molecule has 172 valence electrons. The van der Waals surface area contributed by atoms with E-state index in [1.165, 1.54) is 12.1 Å². The minimum Gasteiger partial charge on any atom is -0.411 e. The molecule has 1 aromatic heterocycles. The van der Waals surface area contributed by atoms with Crippen LogP contribution in [0, 0.1) is 10.1 Å². The van der Waals surface area contributed by atoms with Crippen LogP contribution in [0.3, 0.4) is 0 Å². The number of anilines is 2. The van der Waals surface area contributed by atoms with Gasteiger partial charge in [0.25, 0.3) is 10.9 Å². The zero-order valence-corrected chi connectivity index (χ0v) is 19.0. The van der Waals surface area contributed by atoms with Gasteiger partial charge in [0.15, 0.2) is 0 Å². The molecule has 1 aliphatic rings. The number of rotatable bonds is 8. The SMILES string of the molecule is CCN1CCN(c2ccc(NC(=O)CSc3nnc(-c4cccc([N+](=O)[O-])c4)o3)cc2)CC1. The number of carbonyl (C=O) groups is 1. The Morgan fingerprint density at radius 1 is 1.15 bits per heavy atom. The molecule has 4 rings (SSSR count). The standard InChI is InChI=1S/C22H24N6O4S/c1-2-26-10-12-27(13-11-26)18-8-6-17(7-9-18)23-20(29)15-33-22-25-24-21(32-22)16-4-3-5-19(14-16)28(30)31/h3-9,14H,2,10-13,15H2,1H3,(H,23,29). The van der Waals surface area contributed by atoms with Crippen LogP contribution in [0.25, 0.3) is 11.5 Å². The largest absolute Gasteiger partial charge is 0.411 e. The molecule has 0 spiro atoms. The Morgan fingerprint density at radius 2 is 1.91 bits per heavy atom. The number of piperazine rings is 1. The number of nitrogens with one attached hydrogen (secondary N) is 1. The van der Waals surface area contributed by atoms with Crippen LogP contribution in [-0.4, -0.2) is 64.4 Å². The predicted octanol–water partition coefficient (Wildman–Crippen LogP) is 3.52. The average molecular weight is 469 g/mol. The molecule has 0 bridgehead atoms. The Balaban J connectivity index is 1.28. The zero-order valence-electron chi connectivity index (χ0n) is 18.1. The van der Waals surface area contributed by atoms with E-state index in [-0.39, 0.29) is 28.5 Å². The van der Waals surface area contributed by atoms with Gasteiger partial charge in [0.1, 0.15) is 0 Å². The third-order valence-corrected chi connectivity index (χ3v) is 6.19. The van der Waals surface area contributed by atoms with E-state index in [9.17, 15) is 14.9 Å². The normalized spacial score (nSPS) is 14.3. The Bertz CT molecular complexity index is 1110. The number of amides is 1. The van der Waals surface area contributed by atoms with Crippen LogP contribution in [-0.2, 0) is 4.79 Å². The molecule has 10 nitrogen and oxygen atoms in total. The lowest BCUT2D eigenvalue weighted by Gasteiger charge is -2.35. The molecule has 1 aliphatic heterocycles. The van der Waals surface area contributed by atoms with Crippen LogP contribution in [0.1, 0.15) is 6.92 Å². The van der Waals surface area contributed by atoms with E-state index in [1.807, 2.05) is 24.3 Å². The van der Waals surface area contributed by atoms with E-state index in [1.54, 1.807) is 12.1 Å².